The van der Waals surface area contributed by atoms with Gasteiger partial charge in [0, 0.05) is 18.5 Å². The molecule has 0 aromatic heterocycles. The van der Waals surface area contributed by atoms with Gasteiger partial charge in [0.05, 0.1) is 40.6 Å². The average Bonchev–Trinajstić information content (AvgIpc) is 3.15. The first kappa shape index (κ1) is 20.2. The largest absolute Gasteiger partial charge is 0.493 e. The average molecular weight is 413 g/mol. The Morgan fingerprint density at radius 1 is 0.933 bits per heavy atom. The van der Waals surface area contributed by atoms with E-state index in [-0.39, 0.29) is 11.9 Å². The summed E-state index contributed by atoms with van der Waals surface area (Å²) in [6, 6.07) is 9.36. The maximum atomic E-state index is 13.4. The van der Waals surface area contributed by atoms with Gasteiger partial charge in [-0.3, -0.25) is 4.79 Å². The monoisotopic (exact) mass is 413 g/mol. The SMILES string of the molecule is COc1cc(C(=O)N2CCC[C@@H]2c2ccc3c(c2)OCCCO3)cc(OC)c1OC. The van der Waals surface area contributed by atoms with Gasteiger partial charge in [-0.05, 0) is 42.7 Å². The maximum absolute atomic E-state index is 13.4. The van der Waals surface area contributed by atoms with Gasteiger partial charge in [0.25, 0.3) is 5.91 Å². The molecule has 1 amide bonds. The molecule has 1 fully saturated rings. The third-order valence-electron chi connectivity index (χ3n) is 5.58. The highest BCUT2D eigenvalue weighted by atomic mass is 16.5. The predicted octanol–water partition coefficient (Wildman–Crippen LogP) is 3.85. The Kier molecular flexibility index (Phi) is 5.88. The smallest absolute Gasteiger partial charge is 0.254 e. The van der Waals surface area contributed by atoms with Crippen LogP contribution in [0.5, 0.6) is 28.7 Å². The van der Waals surface area contributed by atoms with Crippen LogP contribution in [0.1, 0.15) is 41.2 Å². The standard InChI is InChI=1S/C23H27NO6/c1-26-20-13-16(14-21(27-2)22(20)28-3)23(25)24-9-4-6-17(24)15-7-8-18-19(12-15)30-11-5-10-29-18/h7-8,12-14,17H,4-6,9-11H2,1-3H3/t17-/m1/s1. The molecule has 2 heterocycles. The first-order valence-electron chi connectivity index (χ1n) is 10.2. The lowest BCUT2D eigenvalue weighted by atomic mass is 10.0. The minimum absolute atomic E-state index is 0.0197. The molecular formula is C23H27NO6. The Balaban J connectivity index is 1.64. The van der Waals surface area contributed by atoms with Crippen molar-refractivity contribution in [3.8, 4) is 28.7 Å². The highest BCUT2D eigenvalue weighted by Gasteiger charge is 2.32. The molecule has 0 spiro atoms. The van der Waals surface area contributed by atoms with Crippen LogP contribution in [0.25, 0.3) is 0 Å². The first-order valence-corrected chi connectivity index (χ1v) is 10.2. The third-order valence-corrected chi connectivity index (χ3v) is 5.58. The van der Waals surface area contributed by atoms with Crippen molar-refractivity contribution in [3.63, 3.8) is 0 Å². The van der Waals surface area contributed by atoms with Crippen molar-refractivity contribution in [1.82, 2.24) is 4.90 Å². The lowest BCUT2D eigenvalue weighted by Crippen LogP contribution is -2.30. The van der Waals surface area contributed by atoms with Gasteiger partial charge in [0.15, 0.2) is 23.0 Å². The number of carbonyl (C=O) groups excluding carboxylic acids is 1. The van der Waals surface area contributed by atoms with Crippen LogP contribution in [0.4, 0.5) is 0 Å². The Hall–Kier alpha value is -3.09. The fraction of sp³-hybridized carbons (Fsp3) is 0.435. The summed E-state index contributed by atoms with van der Waals surface area (Å²) in [6.45, 7) is 1.98. The van der Waals surface area contributed by atoms with Gasteiger partial charge in [-0.15, -0.1) is 0 Å². The van der Waals surface area contributed by atoms with Crippen LogP contribution in [0.2, 0.25) is 0 Å². The zero-order chi connectivity index (χ0) is 21.1. The molecule has 1 atom stereocenters. The van der Waals surface area contributed by atoms with Gasteiger partial charge in [-0.2, -0.15) is 0 Å². The topological polar surface area (TPSA) is 66.5 Å². The molecule has 0 unspecified atom stereocenters. The van der Waals surface area contributed by atoms with E-state index in [2.05, 4.69) is 0 Å². The number of hydrogen-bond acceptors (Lipinski definition) is 6. The summed E-state index contributed by atoms with van der Waals surface area (Å²) in [7, 11) is 4.63. The number of benzene rings is 2. The zero-order valence-electron chi connectivity index (χ0n) is 17.6. The number of nitrogens with zero attached hydrogens (tertiary/aromatic N) is 1. The Bertz CT molecular complexity index is 903. The number of rotatable bonds is 5. The van der Waals surface area contributed by atoms with Crippen LogP contribution in [-0.4, -0.2) is 51.9 Å². The molecule has 0 N–H and O–H groups in total. The molecule has 4 rings (SSSR count). The second kappa shape index (κ2) is 8.73. The lowest BCUT2D eigenvalue weighted by Gasteiger charge is -2.26. The molecule has 0 aliphatic carbocycles. The molecule has 2 aliphatic rings. The quantitative estimate of drug-likeness (QED) is 0.742. The van der Waals surface area contributed by atoms with E-state index in [0.717, 1.165) is 36.3 Å². The number of likely N-dealkylation sites (tertiary alicyclic amines) is 1. The molecule has 30 heavy (non-hydrogen) atoms. The molecule has 0 bridgehead atoms. The molecule has 1 saturated heterocycles. The molecule has 2 aliphatic heterocycles. The van der Waals surface area contributed by atoms with Gasteiger partial charge in [-0.25, -0.2) is 0 Å². The molecule has 7 heteroatoms. The Morgan fingerprint density at radius 2 is 1.63 bits per heavy atom. The Morgan fingerprint density at radius 3 is 2.30 bits per heavy atom. The molecule has 2 aromatic rings. The van der Waals surface area contributed by atoms with Crippen molar-refractivity contribution < 1.29 is 28.5 Å². The van der Waals surface area contributed by atoms with Crippen LogP contribution in [0, 0.1) is 0 Å². The maximum Gasteiger partial charge on any atom is 0.254 e. The number of hydrogen-bond donors (Lipinski definition) is 0. The molecule has 0 saturated carbocycles. The Labute approximate surface area is 176 Å². The second-order valence-electron chi connectivity index (χ2n) is 7.33. The predicted molar refractivity (Wildman–Crippen MR) is 111 cm³/mol. The van der Waals surface area contributed by atoms with E-state index in [9.17, 15) is 4.79 Å². The van der Waals surface area contributed by atoms with Gasteiger partial charge < -0.3 is 28.6 Å². The number of carbonyl (C=O) groups is 1. The van der Waals surface area contributed by atoms with Gasteiger partial charge in [0.2, 0.25) is 5.75 Å². The number of fused-ring (bicyclic) bond motifs is 1. The lowest BCUT2D eigenvalue weighted by molar-refractivity contribution is 0.0734. The molecule has 7 nitrogen and oxygen atoms in total. The van der Waals surface area contributed by atoms with E-state index in [1.807, 2.05) is 23.1 Å². The number of amides is 1. The summed E-state index contributed by atoms with van der Waals surface area (Å²) < 4.78 is 27.8. The van der Waals surface area contributed by atoms with E-state index in [1.165, 1.54) is 0 Å². The highest BCUT2D eigenvalue weighted by Crippen LogP contribution is 2.41. The normalized spacial score (nSPS) is 18.0. The van der Waals surface area contributed by atoms with Crippen molar-refractivity contribution in [1.29, 1.82) is 0 Å². The molecule has 160 valence electrons. The fourth-order valence-corrected chi connectivity index (χ4v) is 4.11. The van der Waals surface area contributed by atoms with Crippen LogP contribution < -0.4 is 23.7 Å². The van der Waals surface area contributed by atoms with E-state index in [1.54, 1.807) is 33.5 Å². The number of methoxy groups -OCH3 is 3. The van der Waals surface area contributed by atoms with Crippen LogP contribution in [0.15, 0.2) is 30.3 Å². The third kappa shape index (κ3) is 3.72. The van der Waals surface area contributed by atoms with Crippen molar-refractivity contribution >= 4 is 5.91 Å². The zero-order valence-corrected chi connectivity index (χ0v) is 17.6. The summed E-state index contributed by atoms with van der Waals surface area (Å²) in [5.41, 5.74) is 1.56. The highest BCUT2D eigenvalue weighted by molar-refractivity contribution is 5.96. The summed E-state index contributed by atoms with van der Waals surface area (Å²) in [5, 5.41) is 0. The summed E-state index contributed by atoms with van der Waals surface area (Å²) in [5.74, 6) is 2.84. The van der Waals surface area contributed by atoms with Crippen molar-refractivity contribution in [2.45, 2.75) is 25.3 Å². The van der Waals surface area contributed by atoms with E-state index in [0.29, 0.717) is 42.6 Å². The van der Waals surface area contributed by atoms with Crippen molar-refractivity contribution in [2.75, 3.05) is 41.1 Å². The summed E-state index contributed by atoms with van der Waals surface area (Å²) in [4.78, 5) is 15.3. The van der Waals surface area contributed by atoms with E-state index < -0.39 is 0 Å². The van der Waals surface area contributed by atoms with Gasteiger partial charge >= 0.3 is 0 Å². The van der Waals surface area contributed by atoms with Crippen LogP contribution in [0.3, 0.4) is 0 Å². The molecule has 0 radical (unpaired) electrons. The van der Waals surface area contributed by atoms with E-state index in [4.69, 9.17) is 23.7 Å². The first-order chi connectivity index (χ1) is 14.7. The van der Waals surface area contributed by atoms with Gasteiger partial charge in [0.1, 0.15) is 0 Å². The minimum Gasteiger partial charge on any atom is -0.493 e. The van der Waals surface area contributed by atoms with E-state index >= 15 is 0 Å². The van der Waals surface area contributed by atoms with Crippen LogP contribution >= 0.6 is 0 Å². The van der Waals surface area contributed by atoms with Crippen molar-refractivity contribution in [3.05, 3.63) is 41.5 Å². The minimum atomic E-state index is -0.0659. The number of ether oxygens (including phenoxy) is 5. The summed E-state index contributed by atoms with van der Waals surface area (Å²) >= 11 is 0. The van der Waals surface area contributed by atoms with Crippen LogP contribution in [-0.2, 0) is 0 Å². The molecule has 2 aromatic carbocycles. The van der Waals surface area contributed by atoms with Crippen molar-refractivity contribution in [2.24, 2.45) is 0 Å². The fourth-order valence-electron chi connectivity index (χ4n) is 4.11. The van der Waals surface area contributed by atoms with Gasteiger partial charge in [-0.1, -0.05) is 6.07 Å². The summed E-state index contributed by atoms with van der Waals surface area (Å²) in [6.07, 6.45) is 2.70. The second-order valence-corrected chi connectivity index (χ2v) is 7.33. The molecular weight excluding hydrogens is 386 g/mol.